The van der Waals surface area contributed by atoms with Crippen molar-refractivity contribution in [3.05, 3.63) is 29.5 Å². The second kappa shape index (κ2) is 7.09. The summed E-state index contributed by atoms with van der Waals surface area (Å²) in [5.41, 5.74) is 2.58. The standard InChI is InChI=1S/C16H20N2O4/c1-4-22-16(20)12-9-18-15-11(14(12)17-5-6-19)7-10(2)8-13(15)21-3/h7-9,19H,4-6H2,1-3H3,(H,17,18). The number of esters is 1. The molecule has 2 aromatic rings. The molecule has 0 unspecified atom stereocenters. The Morgan fingerprint density at radius 1 is 1.41 bits per heavy atom. The lowest BCUT2D eigenvalue weighted by molar-refractivity contribution is 0.0527. The maximum Gasteiger partial charge on any atom is 0.341 e. The molecule has 0 fully saturated rings. The summed E-state index contributed by atoms with van der Waals surface area (Å²) in [6.07, 6.45) is 1.47. The molecule has 2 N–H and O–H groups in total. The molecule has 0 atom stereocenters. The predicted molar refractivity (Wildman–Crippen MR) is 84.6 cm³/mol. The van der Waals surface area contributed by atoms with Crippen LogP contribution in [0.4, 0.5) is 5.69 Å². The molecule has 1 heterocycles. The average Bonchev–Trinajstić information content (AvgIpc) is 2.51. The number of benzene rings is 1. The minimum absolute atomic E-state index is 0.0466. The van der Waals surface area contributed by atoms with Crippen molar-refractivity contribution in [3.63, 3.8) is 0 Å². The van der Waals surface area contributed by atoms with E-state index in [1.54, 1.807) is 14.0 Å². The van der Waals surface area contributed by atoms with Crippen molar-refractivity contribution in [3.8, 4) is 5.75 Å². The van der Waals surface area contributed by atoms with Crippen LogP contribution in [0.3, 0.4) is 0 Å². The van der Waals surface area contributed by atoms with Crippen LogP contribution in [-0.4, -0.2) is 42.9 Å². The molecule has 0 saturated carbocycles. The highest BCUT2D eigenvalue weighted by atomic mass is 16.5. The van der Waals surface area contributed by atoms with Crippen LogP contribution in [0.25, 0.3) is 10.9 Å². The van der Waals surface area contributed by atoms with Crippen LogP contribution in [0.1, 0.15) is 22.8 Å². The number of aliphatic hydroxyl groups excluding tert-OH is 1. The molecule has 0 aliphatic carbocycles. The highest BCUT2D eigenvalue weighted by Gasteiger charge is 2.18. The second-order valence-electron chi connectivity index (χ2n) is 4.78. The molecule has 0 saturated heterocycles. The van der Waals surface area contributed by atoms with Crippen LogP contribution in [-0.2, 0) is 4.74 Å². The number of anilines is 1. The van der Waals surface area contributed by atoms with Crippen molar-refractivity contribution in [2.75, 3.05) is 32.2 Å². The molecule has 22 heavy (non-hydrogen) atoms. The molecule has 0 amide bonds. The largest absolute Gasteiger partial charge is 0.494 e. The van der Waals surface area contributed by atoms with Gasteiger partial charge in [0.15, 0.2) is 0 Å². The number of methoxy groups -OCH3 is 1. The molecule has 6 nitrogen and oxygen atoms in total. The summed E-state index contributed by atoms with van der Waals surface area (Å²) in [5.74, 6) is 0.190. The number of aromatic nitrogens is 1. The number of hydrogen-bond donors (Lipinski definition) is 2. The Labute approximate surface area is 129 Å². The van der Waals surface area contributed by atoms with E-state index in [9.17, 15) is 4.79 Å². The molecule has 1 aromatic heterocycles. The molecule has 1 aromatic carbocycles. The van der Waals surface area contributed by atoms with Crippen LogP contribution >= 0.6 is 0 Å². The van der Waals surface area contributed by atoms with Gasteiger partial charge in [0.1, 0.15) is 16.8 Å². The van der Waals surface area contributed by atoms with Crippen molar-refractivity contribution in [2.24, 2.45) is 0 Å². The Morgan fingerprint density at radius 3 is 2.82 bits per heavy atom. The van der Waals surface area contributed by atoms with Gasteiger partial charge in [0.25, 0.3) is 0 Å². The lowest BCUT2D eigenvalue weighted by Crippen LogP contribution is -2.13. The van der Waals surface area contributed by atoms with E-state index < -0.39 is 5.97 Å². The van der Waals surface area contributed by atoms with Gasteiger partial charge in [0, 0.05) is 18.1 Å². The monoisotopic (exact) mass is 304 g/mol. The molecule has 0 spiro atoms. The minimum atomic E-state index is -0.446. The van der Waals surface area contributed by atoms with E-state index in [0.717, 1.165) is 10.9 Å². The number of nitrogens with zero attached hydrogens (tertiary/aromatic N) is 1. The summed E-state index contributed by atoms with van der Waals surface area (Å²) >= 11 is 0. The number of aryl methyl sites for hydroxylation is 1. The van der Waals surface area contributed by atoms with Gasteiger partial charge in [-0.3, -0.25) is 4.98 Å². The topological polar surface area (TPSA) is 80.7 Å². The fraction of sp³-hybridized carbons (Fsp3) is 0.375. The highest BCUT2D eigenvalue weighted by Crippen LogP contribution is 2.33. The van der Waals surface area contributed by atoms with E-state index in [0.29, 0.717) is 29.1 Å². The zero-order valence-electron chi connectivity index (χ0n) is 13.0. The summed E-state index contributed by atoms with van der Waals surface area (Å²) in [6, 6.07) is 3.81. The first-order chi connectivity index (χ1) is 10.6. The number of hydrogen-bond acceptors (Lipinski definition) is 6. The minimum Gasteiger partial charge on any atom is -0.494 e. The lowest BCUT2D eigenvalue weighted by atomic mass is 10.1. The molecule has 118 valence electrons. The summed E-state index contributed by atoms with van der Waals surface area (Å²) in [6.45, 7) is 4.25. The van der Waals surface area contributed by atoms with Gasteiger partial charge in [0.05, 0.1) is 26.0 Å². The van der Waals surface area contributed by atoms with Gasteiger partial charge in [0.2, 0.25) is 0 Å². The first-order valence-electron chi connectivity index (χ1n) is 7.11. The third kappa shape index (κ3) is 3.12. The van der Waals surface area contributed by atoms with E-state index in [1.807, 2.05) is 19.1 Å². The number of pyridine rings is 1. The second-order valence-corrected chi connectivity index (χ2v) is 4.78. The molecule has 0 bridgehead atoms. The van der Waals surface area contributed by atoms with Gasteiger partial charge in [-0.15, -0.1) is 0 Å². The molecular formula is C16H20N2O4. The zero-order chi connectivity index (χ0) is 16.1. The fourth-order valence-corrected chi connectivity index (χ4v) is 2.30. The lowest BCUT2D eigenvalue weighted by Gasteiger charge is -2.15. The summed E-state index contributed by atoms with van der Waals surface area (Å²) in [7, 11) is 1.58. The van der Waals surface area contributed by atoms with Crippen LogP contribution < -0.4 is 10.1 Å². The highest BCUT2D eigenvalue weighted by molar-refractivity contribution is 6.06. The smallest absolute Gasteiger partial charge is 0.341 e. The zero-order valence-corrected chi connectivity index (χ0v) is 13.0. The Morgan fingerprint density at radius 2 is 2.18 bits per heavy atom. The molecule has 6 heteroatoms. The predicted octanol–water partition coefficient (Wildman–Crippen LogP) is 2.13. The number of aliphatic hydroxyl groups is 1. The van der Waals surface area contributed by atoms with E-state index in [2.05, 4.69) is 10.3 Å². The van der Waals surface area contributed by atoms with Crippen molar-refractivity contribution >= 4 is 22.6 Å². The molecule has 0 aliphatic heterocycles. The third-order valence-electron chi connectivity index (χ3n) is 3.21. The number of carbonyl (C=O) groups excluding carboxylic acids is 1. The van der Waals surface area contributed by atoms with Gasteiger partial charge in [-0.1, -0.05) is 0 Å². The average molecular weight is 304 g/mol. The number of rotatable bonds is 6. The van der Waals surface area contributed by atoms with E-state index >= 15 is 0 Å². The normalized spacial score (nSPS) is 10.5. The fourth-order valence-electron chi connectivity index (χ4n) is 2.30. The molecule has 0 aliphatic rings. The number of carbonyl (C=O) groups is 1. The number of fused-ring (bicyclic) bond motifs is 1. The van der Waals surface area contributed by atoms with Crippen molar-refractivity contribution in [1.82, 2.24) is 4.98 Å². The van der Waals surface area contributed by atoms with Gasteiger partial charge >= 0.3 is 5.97 Å². The van der Waals surface area contributed by atoms with Crippen LogP contribution in [0.15, 0.2) is 18.3 Å². The SMILES string of the molecule is CCOC(=O)c1cnc2c(OC)cc(C)cc2c1NCCO. The first-order valence-corrected chi connectivity index (χ1v) is 7.11. The summed E-state index contributed by atoms with van der Waals surface area (Å²) < 4.78 is 10.4. The van der Waals surface area contributed by atoms with Crippen LogP contribution in [0.2, 0.25) is 0 Å². The molecular weight excluding hydrogens is 284 g/mol. The van der Waals surface area contributed by atoms with Crippen LogP contribution in [0, 0.1) is 6.92 Å². The summed E-state index contributed by atoms with van der Waals surface area (Å²) in [4.78, 5) is 16.5. The van der Waals surface area contributed by atoms with Gasteiger partial charge in [-0.2, -0.15) is 0 Å². The number of nitrogens with one attached hydrogen (secondary N) is 1. The summed E-state index contributed by atoms with van der Waals surface area (Å²) in [5, 5.41) is 12.9. The Bertz CT molecular complexity index is 685. The number of ether oxygens (including phenoxy) is 2. The van der Waals surface area contributed by atoms with E-state index in [1.165, 1.54) is 6.20 Å². The molecule has 2 rings (SSSR count). The van der Waals surface area contributed by atoms with Gasteiger partial charge < -0.3 is 19.9 Å². The van der Waals surface area contributed by atoms with Gasteiger partial charge in [-0.25, -0.2) is 4.79 Å². The Kier molecular flexibility index (Phi) is 5.16. The van der Waals surface area contributed by atoms with Crippen molar-refractivity contribution in [2.45, 2.75) is 13.8 Å². The van der Waals surface area contributed by atoms with Crippen LogP contribution in [0.5, 0.6) is 5.75 Å². The quantitative estimate of drug-likeness (QED) is 0.796. The Hall–Kier alpha value is -2.34. The van der Waals surface area contributed by atoms with E-state index in [4.69, 9.17) is 14.6 Å². The maximum absolute atomic E-state index is 12.1. The van der Waals surface area contributed by atoms with Crippen molar-refractivity contribution in [1.29, 1.82) is 0 Å². The molecule has 0 radical (unpaired) electrons. The third-order valence-corrected chi connectivity index (χ3v) is 3.21. The van der Waals surface area contributed by atoms with Crippen molar-refractivity contribution < 1.29 is 19.4 Å². The Balaban J connectivity index is 2.68. The van der Waals surface area contributed by atoms with Gasteiger partial charge in [-0.05, 0) is 31.5 Å². The first kappa shape index (κ1) is 16.0. The van der Waals surface area contributed by atoms with E-state index in [-0.39, 0.29) is 13.2 Å². The maximum atomic E-state index is 12.1.